The van der Waals surface area contributed by atoms with Gasteiger partial charge in [0.1, 0.15) is 5.56 Å². The average Bonchev–Trinajstić information content (AvgIpc) is 2.50. The number of aromatic nitrogens is 1. The largest absolute Gasteiger partial charge is 0.513 e. The number of rotatable bonds is 8. The van der Waals surface area contributed by atoms with Gasteiger partial charge < -0.3 is 14.8 Å². The number of carbonyl (C=O) groups is 2. The van der Waals surface area contributed by atoms with Crippen LogP contribution in [-0.2, 0) is 21.0 Å². The van der Waals surface area contributed by atoms with Crippen LogP contribution in [0.5, 0.6) is 0 Å². The fraction of sp³-hybridized carbons (Fsp3) is 0.417. The van der Waals surface area contributed by atoms with Crippen molar-refractivity contribution in [1.82, 2.24) is 11.0 Å². The molecule has 1 aromatic heterocycles. The molecule has 0 saturated heterocycles. The van der Waals surface area contributed by atoms with Crippen LogP contribution in [0.15, 0.2) is 24.5 Å². The first-order valence-electron chi connectivity index (χ1n) is 6.25. The van der Waals surface area contributed by atoms with Crippen LogP contribution in [0.1, 0.15) is 17.3 Å². The number of carbonyl (C=O) groups excluding carboxylic acids is 2. The van der Waals surface area contributed by atoms with Gasteiger partial charge in [0, 0.05) is 12.6 Å². The molecule has 0 unspecified atom stereocenters. The molecule has 1 rings (SSSR count). The molecule has 3 N–H and O–H groups in total. The zero-order chi connectivity index (χ0) is 15.5. The second-order valence-electron chi connectivity index (χ2n) is 3.76. The topological polar surface area (TPSA) is 110 Å². The Bertz CT molecular complexity index is 468. The average molecular weight is 300 g/mol. The molecule has 0 aliphatic heterocycles. The smallest absolute Gasteiger partial charge is 0.434 e. The number of amides is 1. The highest BCUT2D eigenvalue weighted by molar-refractivity contribution is 5.93. The maximum absolute atomic E-state index is 11.8. The lowest BCUT2D eigenvalue weighted by Crippen LogP contribution is -2.38. The molecule has 0 aliphatic rings. The summed E-state index contributed by atoms with van der Waals surface area (Å²) in [5.41, 5.74) is 1.90. The van der Waals surface area contributed by atoms with Gasteiger partial charge in [-0.3, -0.25) is 14.8 Å². The van der Waals surface area contributed by atoms with Crippen LogP contribution in [0.3, 0.4) is 0 Å². The van der Waals surface area contributed by atoms with Crippen molar-refractivity contribution in [2.75, 3.05) is 19.8 Å². The van der Waals surface area contributed by atoms with E-state index < -0.39 is 6.16 Å². The molecular formula is C12H18N3O6+. The number of hydrogen-bond acceptors (Lipinski definition) is 7. The van der Waals surface area contributed by atoms with E-state index in [9.17, 15) is 9.59 Å². The van der Waals surface area contributed by atoms with Gasteiger partial charge in [0.15, 0.2) is 12.4 Å². The fourth-order valence-corrected chi connectivity index (χ4v) is 1.39. The zero-order valence-electron chi connectivity index (χ0n) is 11.6. The number of ether oxygens (including phenoxy) is 2. The molecule has 1 aromatic rings. The van der Waals surface area contributed by atoms with Crippen LogP contribution >= 0.6 is 0 Å². The minimum atomic E-state index is -0.770. The Hall–Kier alpha value is -2.23. The number of pyridine rings is 1. The van der Waals surface area contributed by atoms with Crippen molar-refractivity contribution < 1.29 is 33.7 Å². The maximum Gasteiger partial charge on any atom is 0.513 e. The Balaban J connectivity index is 2.47. The first-order chi connectivity index (χ1) is 10.2. The van der Waals surface area contributed by atoms with E-state index >= 15 is 0 Å². The van der Waals surface area contributed by atoms with Crippen LogP contribution in [-0.4, -0.2) is 37.0 Å². The van der Waals surface area contributed by atoms with Gasteiger partial charge in [-0.1, -0.05) is 5.64 Å². The van der Waals surface area contributed by atoms with Gasteiger partial charge in [-0.25, -0.2) is 4.79 Å². The van der Waals surface area contributed by atoms with Gasteiger partial charge in [-0.05, 0) is 13.0 Å². The summed E-state index contributed by atoms with van der Waals surface area (Å²) in [5, 5.41) is 10.8. The molecule has 1 amide bonds. The maximum atomic E-state index is 11.8. The second-order valence-corrected chi connectivity index (χ2v) is 3.76. The number of nitrogens with one attached hydrogen (secondary N) is 2. The van der Waals surface area contributed by atoms with Crippen molar-refractivity contribution >= 4 is 12.1 Å². The molecule has 0 radical (unpaired) electrons. The Kier molecular flexibility index (Phi) is 7.72. The summed E-state index contributed by atoms with van der Waals surface area (Å²) in [4.78, 5) is 27.3. The summed E-state index contributed by atoms with van der Waals surface area (Å²) in [5.74, 6) is -0.318. The van der Waals surface area contributed by atoms with Crippen molar-refractivity contribution in [3.8, 4) is 0 Å². The lowest BCUT2D eigenvalue weighted by atomic mass is 10.2. The summed E-state index contributed by atoms with van der Waals surface area (Å²) in [6.45, 7) is 2.19. The molecule has 0 aliphatic carbocycles. The SMILES string of the molecule is CCOC(=O)OC[n+]1cccc(C(=O)NCCONO)c1. The van der Waals surface area contributed by atoms with Gasteiger partial charge in [-0.15, -0.1) is 0 Å². The van der Waals surface area contributed by atoms with E-state index in [1.54, 1.807) is 25.3 Å². The molecule has 116 valence electrons. The van der Waals surface area contributed by atoms with E-state index in [4.69, 9.17) is 9.94 Å². The first kappa shape index (κ1) is 16.8. The van der Waals surface area contributed by atoms with Gasteiger partial charge in [0.05, 0.1) is 13.2 Å². The molecule has 1 heterocycles. The van der Waals surface area contributed by atoms with Crippen molar-refractivity contribution in [1.29, 1.82) is 0 Å². The van der Waals surface area contributed by atoms with E-state index in [2.05, 4.69) is 14.9 Å². The minimum Gasteiger partial charge on any atom is -0.434 e. The third kappa shape index (κ3) is 6.65. The molecule has 0 atom stereocenters. The van der Waals surface area contributed by atoms with Crippen LogP contribution < -0.4 is 15.5 Å². The Morgan fingerprint density at radius 3 is 2.90 bits per heavy atom. The standard InChI is InChI=1S/C12H17N3O6/c1-2-19-12(17)20-9-15-6-3-4-10(8-15)11(16)13-5-7-21-14-18/h3-4,6,8,14,18H,2,5,7,9H2,1H3/p+1. The van der Waals surface area contributed by atoms with Crippen molar-refractivity contribution in [3.63, 3.8) is 0 Å². The lowest BCUT2D eigenvalue weighted by molar-refractivity contribution is -0.727. The third-order valence-electron chi connectivity index (χ3n) is 2.27. The normalized spacial score (nSPS) is 10.0. The van der Waals surface area contributed by atoms with Gasteiger partial charge >= 0.3 is 6.16 Å². The van der Waals surface area contributed by atoms with Crippen LogP contribution in [0.4, 0.5) is 4.79 Å². The summed E-state index contributed by atoms with van der Waals surface area (Å²) < 4.78 is 11.0. The van der Waals surface area contributed by atoms with Crippen molar-refractivity contribution in [2.45, 2.75) is 13.7 Å². The highest BCUT2D eigenvalue weighted by Crippen LogP contribution is 1.95. The Morgan fingerprint density at radius 1 is 1.38 bits per heavy atom. The molecule has 9 heteroatoms. The van der Waals surface area contributed by atoms with Crippen molar-refractivity contribution in [3.05, 3.63) is 30.1 Å². The summed E-state index contributed by atoms with van der Waals surface area (Å²) in [6.07, 6.45) is 2.41. The number of nitrogens with zero attached hydrogens (tertiary/aromatic N) is 1. The number of hydrogen-bond donors (Lipinski definition) is 3. The van der Waals surface area contributed by atoms with Crippen LogP contribution in [0, 0.1) is 0 Å². The predicted octanol–water partition coefficient (Wildman–Crippen LogP) is -0.255. The summed E-state index contributed by atoms with van der Waals surface area (Å²) in [6, 6.07) is 3.26. The highest BCUT2D eigenvalue weighted by atomic mass is 16.8. The van der Waals surface area contributed by atoms with E-state index in [1.165, 1.54) is 16.4 Å². The van der Waals surface area contributed by atoms with E-state index in [0.717, 1.165) is 0 Å². The van der Waals surface area contributed by atoms with E-state index in [-0.39, 0.29) is 32.4 Å². The fourth-order valence-electron chi connectivity index (χ4n) is 1.39. The van der Waals surface area contributed by atoms with Gasteiger partial charge in [-0.2, -0.15) is 4.57 Å². The highest BCUT2D eigenvalue weighted by Gasteiger charge is 2.12. The van der Waals surface area contributed by atoms with Crippen molar-refractivity contribution in [2.24, 2.45) is 0 Å². The molecular weight excluding hydrogens is 282 g/mol. The van der Waals surface area contributed by atoms with E-state index in [1.807, 2.05) is 0 Å². The molecule has 21 heavy (non-hydrogen) atoms. The molecule has 0 aromatic carbocycles. The first-order valence-corrected chi connectivity index (χ1v) is 6.25. The molecule has 9 nitrogen and oxygen atoms in total. The Labute approximate surface area is 121 Å². The predicted molar refractivity (Wildman–Crippen MR) is 68.0 cm³/mol. The molecule has 0 saturated carbocycles. The Morgan fingerprint density at radius 2 is 2.19 bits per heavy atom. The lowest BCUT2D eigenvalue weighted by Gasteiger charge is -2.05. The monoisotopic (exact) mass is 300 g/mol. The van der Waals surface area contributed by atoms with Gasteiger partial charge in [0.2, 0.25) is 0 Å². The molecule has 0 fully saturated rings. The van der Waals surface area contributed by atoms with Crippen LogP contribution in [0.25, 0.3) is 0 Å². The third-order valence-corrected chi connectivity index (χ3v) is 2.27. The summed E-state index contributed by atoms with van der Waals surface area (Å²) >= 11 is 0. The van der Waals surface area contributed by atoms with E-state index in [0.29, 0.717) is 5.56 Å². The van der Waals surface area contributed by atoms with Crippen LogP contribution in [0.2, 0.25) is 0 Å². The zero-order valence-corrected chi connectivity index (χ0v) is 11.6. The molecule has 0 spiro atoms. The minimum absolute atomic E-state index is 0.0580. The quantitative estimate of drug-likeness (QED) is 0.263. The van der Waals surface area contributed by atoms with Gasteiger partial charge in [0.25, 0.3) is 12.6 Å². The second kappa shape index (κ2) is 9.64. The molecule has 0 bridgehead atoms. The summed E-state index contributed by atoms with van der Waals surface area (Å²) in [7, 11) is 0.